The fraction of sp³-hybridized carbons (Fsp3) is 0.640. The second-order valence-electron chi connectivity index (χ2n) is 8.98. The molecule has 0 unspecified atom stereocenters. The van der Waals surface area contributed by atoms with Gasteiger partial charge in [0.25, 0.3) is 0 Å². The van der Waals surface area contributed by atoms with E-state index >= 15 is 0 Å². The van der Waals surface area contributed by atoms with Crippen LogP contribution < -0.4 is 15.5 Å². The lowest BCUT2D eigenvalue weighted by Gasteiger charge is -2.48. The lowest BCUT2D eigenvalue weighted by molar-refractivity contribution is -0.0352. The summed E-state index contributed by atoms with van der Waals surface area (Å²) in [5.74, 6) is 0.925. The third-order valence-corrected chi connectivity index (χ3v) is 6.93. The maximum atomic E-state index is 5.62. The number of anilines is 1. The first kappa shape index (κ1) is 22.2. The average Bonchev–Trinajstić information content (AvgIpc) is 3.37. The average molecular weight is 426 g/mol. The molecule has 2 aliphatic heterocycles. The third kappa shape index (κ3) is 5.80. The molecule has 0 amide bonds. The molecule has 6 nitrogen and oxygen atoms in total. The van der Waals surface area contributed by atoms with Crippen LogP contribution in [0.25, 0.3) is 0 Å². The molecule has 170 valence electrons. The van der Waals surface area contributed by atoms with Gasteiger partial charge in [0.15, 0.2) is 5.96 Å². The molecular weight excluding hydrogens is 386 g/mol. The Morgan fingerprint density at radius 3 is 2.39 bits per heavy atom. The van der Waals surface area contributed by atoms with Gasteiger partial charge >= 0.3 is 0 Å². The summed E-state index contributed by atoms with van der Waals surface area (Å²) in [6.45, 7) is 10.5. The lowest BCUT2D eigenvalue weighted by atomic mass is 9.80. The molecule has 31 heavy (non-hydrogen) atoms. The maximum absolute atomic E-state index is 5.62. The lowest BCUT2D eigenvalue weighted by Crippen LogP contribution is -2.60. The highest BCUT2D eigenvalue weighted by Crippen LogP contribution is 2.33. The zero-order chi connectivity index (χ0) is 21.4. The Morgan fingerprint density at radius 2 is 1.71 bits per heavy atom. The van der Waals surface area contributed by atoms with E-state index in [0.29, 0.717) is 6.54 Å². The summed E-state index contributed by atoms with van der Waals surface area (Å²) in [6.07, 6.45) is 11.0. The molecule has 1 aromatic rings. The zero-order valence-electron chi connectivity index (χ0n) is 19.1. The first-order chi connectivity index (χ1) is 15.3. The highest BCUT2D eigenvalue weighted by molar-refractivity contribution is 5.79. The van der Waals surface area contributed by atoms with Gasteiger partial charge in [-0.3, -0.25) is 4.90 Å². The van der Waals surface area contributed by atoms with Gasteiger partial charge in [-0.25, -0.2) is 4.99 Å². The number of hydrogen-bond acceptors (Lipinski definition) is 4. The molecule has 3 aliphatic rings. The van der Waals surface area contributed by atoms with Crippen molar-refractivity contribution in [1.29, 1.82) is 0 Å². The molecule has 0 spiro atoms. The van der Waals surface area contributed by atoms with Gasteiger partial charge in [-0.1, -0.05) is 43.5 Å². The maximum Gasteiger partial charge on any atom is 0.191 e. The summed E-state index contributed by atoms with van der Waals surface area (Å²) in [5.41, 5.74) is 2.77. The second-order valence-corrected chi connectivity index (χ2v) is 8.98. The summed E-state index contributed by atoms with van der Waals surface area (Å²) in [6, 6.07) is 8.84. The van der Waals surface area contributed by atoms with Crippen molar-refractivity contribution in [1.82, 2.24) is 15.5 Å². The molecule has 2 N–H and O–H groups in total. The molecule has 0 radical (unpaired) electrons. The van der Waals surface area contributed by atoms with Gasteiger partial charge in [0.05, 0.1) is 19.8 Å². The van der Waals surface area contributed by atoms with Gasteiger partial charge in [-0.2, -0.15) is 0 Å². The number of benzene rings is 1. The van der Waals surface area contributed by atoms with Gasteiger partial charge in [0, 0.05) is 50.5 Å². The molecule has 2 heterocycles. The number of rotatable bonds is 7. The third-order valence-electron chi connectivity index (χ3n) is 6.93. The summed E-state index contributed by atoms with van der Waals surface area (Å²) < 4.78 is 5.62. The smallest absolute Gasteiger partial charge is 0.191 e. The van der Waals surface area contributed by atoms with Crippen molar-refractivity contribution in [2.75, 3.05) is 57.4 Å². The van der Waals surface area contributed by atoms with E-state index in [0.717, 1.165) is 58.4 Å². The predicted octanol–water partition coefficient (Wildman–Crippen LogP) is 3.15. The molecule has 4 rings (SSSR count). The van der Waals surface area contributed by atoms with Crippen molar-refractivity contribution in [3.05, 3.63) is 42.0 Å². The van der Waals surface area contributed by atoms with Crippen LogP contribution in [0.2, 0.25) is 0 Å². The summed E-state index contributed by atoms with van der Waals surface area (Å²) in [4.78, 5) is 9.94. The Bertz CT molecular complexity index is 725. The number of nitrogens with zero attached hydrogens (tertiary/aromatic N) is 3. The van der Waals surface area contributed by atoms with E-state index in [-0.39, 0.29) is 5.54 Å². The van der Waals surface area contributed by atoms with Crippen LogP contribution in [-0.2, 0) is 11.3 Å². The number of guanidine groups is 1. The summed E-state index contributed by atoms with van der Waals surface area (Å²) >= 11 is 0. The Balaban J connectivity index is 1.37. The Hall–Kier alpha value is -2.05. The van der Waals surface area contributed by atoms with Gasteiger partial charge in [-0.05, 0) is 37.5 Å². The van der Waals surface area contributed by atoms with Crippen LogP contribution >= 0.6 is 0 Å². The fourth-order valence-corrected chi connectivity index (χ4v) is 5.11. The minimum absolute atomic E-state index is 0.240. The van der Waals surface area contributed by atoms with Crippen LogP contribution in [0.4, 0.5) is 5.69 Å². The second kappa shape index (κ2) is 11.0. The van der Waals surface area contributed by atoms with Crippen LogP contribution in [0.15, 0.2) is 41.4 Å². The molecule has 6 heteroatoms. The van der Waals surface area contributed by atoms with E-state index in [9.17, 15) is 0 Å². The Labute approximate surface area is 187 Å². The van der Waals surface area contributed by atoms with E-state index in [1.807, 2.05) is 0 Å². The van der Waals surface area contributed by atoms with Gasteiger partial charge in [0.1, 0.15) is 0 Å². The number of aliphatic imine (C=N–C) groups is 1. The topological polar surface area (TPSA) is 52.1 Å². The van der Waals surface area contributed by atoms with Gasteiger partial charge < -0.3 is 20.3 Å². The molecule has 0 aromatic heterocycles. The number of ether oxygens (including phenoxy) is 1. The predicted molar refractivity (Wildman–Crippen MR) is 129 cm³/mol. The van der Waals surface area contributed by atoms with E-state index in [4.69, 9.17) is 9.73 Å². The van der Waals surface area contributed by atoms with E-state index in [2.05, 4.69) is 63.8 Å². The monoisotopic (exact) mass is 425 g/mol. The fourth-order valence-electron chi connectivity index (χ4n) is 5.11. The summed E-state index contributed by atoms with van der Waals surface area (Å²) in [7, 11) is 0. The molecule has 1 aliphatic carbocycles. The highest BCUT2D eigenvalue weighted by Gasteiger charge is 2.38. The van der Waals surface area contributed by atoms with Crippen LogP contribution in [0.1, 0.15) is 44.6 Å². The van der Waals surface area contributed by atoms with Gasteiger partial charge in [0.2, 0.25) is 0 Å². The standard InChI is InChI=1S/C25H39N5O/c1-2-26-24(27-20-22-8-10-23(11-9-22)29-14-6-7-15-29)28-21-25(12-4-3-5-13-25)30-16-18-31-19-17-30/h6-11H,2-5,12-21H2,1H3,(H2,26,27,28). The van der Waals surface area contributed by atoms with Crippen molar-refractivity contribution in [3.8, 4) is 0 Å². The number of morpholine rings is 1. The van der Waals surface area contributed by atoms with Crippen LogP contribution in [0.3, 0.4) is 0 Å². The summed E-state index contributed by atoms with van der Waals surface area (Å²) in [5, 5.41) is 7.14. The minimum atomic E-state index is 0.240. The SMILES string of the molecule is CCNC(=NCc1ccc(N2CC=CC2)cc1)NCC1(N2CCOCC2)CCCCC1. The van der Waals surface area contributed by atoms with Gasteiger partial charge in [-0.15, -0.1) is 0 Å². The molecule has 1 saturated heterocycles. The molecular formula is C25H39N5O. The van der Waals surface area contributed by atoms with E-state index in [1.54, 1.807) is 0 Å². The van der Waals surface area contributed by atoms with Crippen molar-refractivity contribution in [2.24, 2.45) is 4.99 Å². The van der Waals surface area contributed by atoms with Crippen molar-refractivity contribution in [3.63, 3.8) is 0 Å². The van der Waals surface area contributed by atoms with Crippen molar-refractivity contribution >= 4 is 11.6 Å². The molecule has 2 fully saturated rings. The van der Waals surface area contributed by atoms with Crippen LogP contribution in [0, 0.1) is 0 Å². The number of nitrogens with one attached hydrogen (secondary N) is 2. The van der Waals surface area contributed by atoms with Crippen molar-refractivity contribution < 1.29 is 4.74 Å². The number of hydrogen-bond donors (Lipinski definition) is 2. The van der Waals surface area contributed by atoms with Crippen LogP contribution in [-0.4, -0.2) is 68.9 Å². The molecule has 0 atom stereocenters. The Kier molecular flexibility index (Phi) is 7.86. The first-order valence-corrected chi connectivity index (χ1v) is 12.1. The first-order valence-electron chi connectivity index (χ1n) is 12.1. The van der Waals surface area contributed by atoms with Crippen molar-refractivity contribution in [2.45, 2.75) is 51.1 Å². The normalized spacial score (nSPS) is 22.0. The highest BCUT2D eigenvalue weighted by atomic mass is 16.5. The minimum Gasteiger partial charge on any atom is -0.379 e. The largest absolute Gasteiger partial charge is 0.379 e. The molecule has 1 aromatic carbocycles. The quantitative estimate of drug-likeness (QED) is 0.399. The van der Waals surface area contributed by atoms with E-state index in [1.165, 1.54) is 43.4 Å². The Morgan fingerprint density at radius 1 is 1.00 bits per heavy atom. The van der Waals surface area contributed by atoms with Crippen LogP contribution in [0.5, 0.6) is 0 Å². The molecule has 0 bridgehead atoms. The van der Waals surface area contributed by atoms with E-state index < -0.39 is 0 Å². The molecule has 1 saturated carbocycles. The zero-order valence-corrected chi connectivity index (χ0v) is 19.1.